The first-order chi connectivity index (χ1) is 8.69. The van der Waals surface area contributed by atoms with Crippen LogP contribution in [0.1, 0.15) is 35.6 Å². The molecule has 6 heteroatoms. The van der Waals surface area contributed by atoms with Gasteiger partial charge >= 0.3 is 11.9 Å². The molecule has 20 heavy (non-hydrogen) atoms. The molecular formula is C14H22O6. The molecule has 0 heterocycles. The van der Waals surface area contributed by atoms with Crippen LogP contribution in [-0.4, -0.2) is 48.6 Å². The second-order valence-corrected chi connectivity index (χ2v) is 3.30. The van der Waals surface area contributed by atoms with Crippen LogP contribution in [0.15, 0.2) is 24.3 Å². The number of aliphatic hydroxyl groups excluding tert-OH is 2. The van der Waals surface area contributed by atoms with Gasteiger partial charge in [0, 0.05) is 0 Å². The minimum Gasteiger partial charge on any atom is -0.460 e. The van der Waals surface area contributed by atoms with Crippen molar-refractivity contribution >= 4 is 11.9 Å². The van der Waals surface area contributed by atoms with Gasteiger partial charge in [-0.25, -0.2) is 9.59 Å². The summed E-state index contributed by atoms with van der Waals surface area (Å²) in [6.07, 6.45) is 0. The number of hydrogen-bond acceptors (Lipinski definition) is 6. The van der Waals surface area contributed by atoms with Gasteiger partial charge in [0.15, 0.2) is 0 Å². The van der Waals surface area contributed by atoms with Crippen LogP contribution in [0.4, 0.5) is 0 Å². The van der Waals surface area contributed by atoms with Crippen molar-refractivity contribution in [3.8, 4) is 0 Å². The highest BCUT2D eigenvalue weighted by atomic mass is 16.5. The molecule has 1 rings (SSSR count). The topological polar surface area (TPSA) is 93.1 Å². The minimum atomic E-state index is -0.570. The number of aliphatic hydroxyl groups is 2. The molecule has 2 N–H and O–H groups in total. The third kappa shape index (κ3) is 6.31. The Labute approximate surface area is 119 Å². The lowest BCUT2D eigenvalue weighted by Gasteiger charge is -2.05. The van der Waals surface area contributed by atoms with E-state index in [2.05, 4.69) is 0 Å². The molecule has 0 fully saturated rings. The smallest absolute Gasteiger partial charge is 0.338 e. The molecule has 0 aliphatic rings. The van der Waals surface area contributed by atoms with E-state index in [-0.39, 0.29) is 52.4 Å². The number of esters is 2. The van der Waals surface area contributed by atoms with E-state index in [1.807, 2.05) is 0 Å². The third-order valence-electron chi connectivity index (χ3n) is 2.01. The standard InChI is InChI=1S/C12H14O6.2CH4/c13-5-7-17-11(15)9-1-2-10(4-3-9)12(16)18-8-6-14;;/h1-4,13-14H,5-8H2;2*1H4. The fourth-order valence-corrected chi connectivity index (χ4v) is 1.19. The van der Waals surface area contributed by atoms with Crippen molar-refractivity contribution in [3.05, 3.63) is 35.4 Å². The van der Waals surface area contributed by atoms with Crippen LogP contribution >= 0.6 is 0 Å². The maximum Gasteiger partial charge on any atom is 0.338 e. The Balaban J connectivity index is 0. The summed E-state index contributed by atoms with van der Waals surface area (Å²) in [7, 11) is 0. The van der Waals surface area contributed by atoms with Gasteiger partial charge in [-0.3, -0.25) is 0 Å². The van der Waals surface area contributed by atoms with Gasteiger partial charge in [0.05, 0.1) is 24.3 Å². The molecule has 0 aliphatic heterocycles. The number of hydrogen-bond donors (Lipinski definition) is 2. The van der Waals surface area contributed by atoms with Crippen molar-refractivity contribution in [1.82, 2.24) is 0 Å². The molecule has 0 saturated heterocycles. The van der Waals surface area contributed by atoms with Gasteiger partial charge in [0.2, 0.25) is 0 Å². The molecule has 0 aliphatic carbocycles. The molecule has 1 aromatic carbocycles. The van der Waals surface area contributed by atoms with Gasteiger partial charge < -0.3 is 19.7 Å². The predicted molar refractivity (Wildman–Crippen MR) is 74.6 cm³/mol. The second kappa shape index (κ2) is 11.0. The lowest BCUT2D eigenvalue weighted by Crippen LogP contribution is -2.11. The molecule has 114 valence electrons. The highest BCUT2D eigenvalue weighted by Crippen LogP contribution is 2.07. The Bertz CT molecular complexity index is 360. The van der Waals surface area contributed by atoms with Gasteiger partial charge in [0.25, 0.3) is 0 Å². The highest BCUT2D eigenvalue weighted by molar-refractivity contribution is 5.93. The van der Waals surface area contributed by atoms with Gasteiger partial charge in [-0.1, -0.05) is 14.9 Å². The summed E-state index contributed by atoms with van der Waals surface area (Å²) in [6.45, 7) is -0.618. The number of carbonyl (C=O) groups is 2. The second-order valence-electron chi connectivity index (χ2n) is 3.30. The average molecular weight is 286 g/mol. The monoisotopic (exact) mass is 286 g/mol. The van der Waals surface area contributed by atoms with Crippen LogP contribution in [-0.2, 0) is 9.47 Å². The first-order valence-electron chi connectivity index (χ1n) is 5.35. The Morgan fingerprint density at radius 2 is 1.10 bits per heavy atom. The fraction of sp³-hybridized carbons (Fsp3) is 0.429. The van der Waals surface area contributed by atoms with Gasteiger partial charge in [-0.05, 0) is 24.3 Å². The van der Waals surface area contributed by atoms with E-state index in [4.69, 9.17) is 19.7 Å². The SMILES string of the molecule is C.C.O=C(OCCO)c1ccc(C(=O)OCCO)cc1. The van der Waals surface area contributed by atoms with Crippen LogP contribution in [0, 0.1) is 0 Å². The fourth-order valence-electron chi connectivity index (χ4n) is 1.19. The molecule has 0 radical (unpaired) electrons. The summed E-state index contributed by atoms with van der Waals surface area (Å²) in [4.78, 5) is 22.7. The molecule has 0 amide bonds. The van der Waals surface area contributed by atoms with Crippen molar-refractivity contribution in [1.29, 1.82) is 0 Å². The van der Waals surface area contributed by atoms with E-state index in [9.17, 15) is 9.59 Å². The van der Waals surface area contributed by atoms with Gasteiger partial charge in [-0.2, -0.15) is 0 Å². The lowest BCUT2D eigenvalue weighted by atomic mass is 10.1. The number of carbonyl (C=O) groups excluding carboxylic acids is 2. The van der Waals surface area contributed by atoms with Crippen molar-refractivity contribution in [2.75, 3.05) is 26.4 Å². The van der Waals surface area contributed by atoms with E-state index in [1.54, 1.807) is 0 Å². The van der Waals surface area contributed by atoms with Crippen LogP contribution < -0.4 is 0 Å². The van der Waals surface area contributed by atoms with Gasteiger partial charge in [-0.15, -0.1) is 0 Å². The van der Waals surface area contributed by atoms with Crippen LogP contribution in [0.2, 0.25) is 0 Å². The molecule has 0 aromatic heterocycles. The van der Waals surface area contributed by atoms with E-state index in [0.717, 1.165) is 0 Å². The van der Waals surface area contributed by atoms with Crippen LogP contribution in [0.5, 0.6) is 0 Å². The largest absolute Gasteiger partial charge is 0.460 e. The summed E-state index contributed by atoms with van der Waals surface area (Å²) >= 11 is 0. The quantitative estimate of drug-likeness (QED) is 0.765. The zero-order valence-electron chi connectivity index (χ0n) is 9.67. The minimum absolute atomic E-state index is 0. The summed E-state index contributed by atoms with van der Waals surface area (Å²) in [6, 6.07) is 5.70. The number of ether oxygens (including phenoxy) is 2. The zero-order chi connectivity index (χ0) is 13.4. The lowest BCUT2D eigenvalue weighted by molar-refractivity contribution is 0.0422. The van der Waals surface area contributed by atoms with Gasteiger partial charge in [0.1, 0.15) is 13.2 Å². The van der Waals surface area contributed by atoms with Crippen LogP contribution in [0.25, 0.3) is 0 Å². The Morgan fingerprint density at radius 1 is 0.800 bits per heavy atom. The molecular weight excluding hydrogens is 264 g/mol. The first kappa shape index (κ1) is 20.4. The summed E-state index contributed by atoms with van der Waals surface area (Å²) in [5, 5.41) is 17.0. The van der Waals surface area contributed by atoms with Crippen molar-refractivity contribution in [2.24, 2.45) is 0 Å². The summed E-state index contributed by atoms with van der Waals surface area (Å²) in [5.41, 5.74) is 0.560. The van der Waals surface area contributed by atoms with Crippen molar-refractivity contribution in [3.63, 3.8) is 0 Å². The molecule has 1 aromatic rings. The zero-order valence-corrected chi connectivity index (χ0v) is 9.67. The number of benzene rings is 1. The molecule has 0 spiro atoms. The Kier molecular flexibility index (Phi) is 11.2. The highest BCUT2D eigenvalue weighted by Gasteiger charge is 2.10. The Morgan fingerprint density at radius 3 is 1.35 bits per heavy atom. The maximum atomic E-state index is 11.4. The number of rotatable bonds is 6. The van der Waals surface area contributed by atoms with E-state index in [1.165, 1.54) is 24.3 Å². The Hall–Kier alpha value is -1.92. The van der Waals surface area contributed by atoms with Crippen molar-refractivity contribution in [2.45, 2.75) is 14.9 Å². The van der Waals surface area contributed by atoms with Crippen LogP contribution in [0.3, 0.4) is 0 Å². The normalized spacial score (nSPS) is 8.90. The summed E-state index contributed by atoms with van der Waals surface area (Å²) in [5.74, 6) is -1.14. The maximum absolute atomic E-state index is 11.4. The molecule has 0 atom stereocenters. The molecule has 0 bridgehead atoms. The van der Waals surface area contributed by atoms with E-state index in [0.29, 0.717) is 0 Å². The predicted octanol–water partition coefficient (Wildman–Crippen LogP) is 1.26. The molecule has 6 nitrogen and oxygen atoms in total. The van der Waals surface area contributed by atoms with E-state index < -0.39 is 11.9 Å². The van der Waals surface area contributed by atoms with Crippen molar-refractivity contribution < 1.29 is 29.3 Å². The third-order valence-corrected chi connectivity index (χ3v) is 2.01. The van der Waals surface area contributed by atoms with E-state index >= 15 is 0 Å². The molecule has 0 unspecified atom stereocenters. The first-order valence-corrected chi connectivity index (χ1v) is 5.35. The molecule has 0 saturated carbocycles. The summed E-state index contributed by atoms with van der Waals surface area (Å²) < 4.78 is 9.41. The average Bonchev–Trinajstić information content (AvgIpc) is 2.42.